The molecule has 5 heteroatoms. The van der Waals surface area contributed by atoms with Gasteiger partial charge in [-0.1, -0.05) is 19.1 Å². The van der Waals surface area contributed by atoms with E-state index in [1.54, 1.807) is 42.4 Å². The van der Waals surface area contributed by atoms with E-state index in [-0.39, 0.29) is 17.6 Å². The van der Waals surface area contributed by atoms with E-state index in [0.29, 0.717) is 11.3 Å². The summed E-state index contributed by atoms with van der Waals surface area (Å²) >= 11 is 1.63. The second-order valence-electron chi connectivity index (χ2n) is 4.78. The van der Waals surface area contributed by atoms with Gasteiger partial charge in [-0.3, -0.25) is 9.78 Å². The Hall–Kier alpha value is -1.88. The molecule has 0 saturated carbocycles. The maximum absolute atomic E-state index is 13.4. The van der Waals surface area contributed by atoms with Gasteiger partial charge in [-0.25, -0.2) is 4.39 Å². The molecule has 2 aromatic rings. The first-order chi connectivity index (χ1) is 10.1. The van der Waals surface area contributed by atoms with Crippen molar-refractivity contribution < 1.29 is 9.18 Å². The van der Waals surface area contributed by atoms with Crippen LogP contribution in [0, 0.1) is 11.7 Å². The summed E-state index contributed by atoms with van der Waals surface area (Å²) in [5.41, 5.74) is 2.07. The standard InChI is InChI=1S/C16H17FN2OS/c1-11(10-21-2)16(20)19-15-9-18-7-6-14(15)12-4-3-5-13(17)8-12/h3-9,11H,10H2,1-2H3,(H,19,20)/t11-/m1/s1. The van der Waals surface area contributed by atoms with Crippen LogP contribution in [0.4, 0.5) is 10.1 Å². The van der Waals surface area contributed by atoms with Crippen LogP contribution < -0.4 is 5.32 Å². The quantitative estimate of drug-likeness (QED) is 0.913. The monoisotopic (exact) mass is 304 g/mol. The molecule has 0 aliphatic heterocycles. The number of pyridine rings is 1. The molecule has 21 heavy (non-hydrogen) atoms. The summed E-state index contributed by atoms with van der Waals surface area (Å²) in [6.45, 7) is 1.88. The zero-order chi connectivity index (χ0) is 15.2. The highest BCUT2D eigenvalue weighted by molar-refractivity contribution is 7.98. The lowest BCUT2D eigenvalue weighted by Gasteiger charge is -2.14. The average molecular weight is 304 g/mol. The normalized spacial score (nSPS) is 12.0. The summed E-state index contributed by atoms with van der Waals surface area (Å²) in [7, 11) is 0. The van der Waals surface area contributed by atoms with Crippen LogP contribution in [0.3, 0.4) is 0 Å². The molecular weight excluding hydrogens is 287 g/mol. The van der Waals surface area contributed by atoms with Crippen molar-refractivity contribution in [3.05, 3.63) is 48.5 Å². The number of hydrogen-bond acceptors (Lipinski definition) is 3. The molecule has 2 rings (SSSR count). The van der Waals surface area contributed by atoms with Crippen LogP contribution in [0.2, 0.25) is 0 Å². The molecule has 1 aromatic carbocycles. The van der Waals surface area contributed by atoms with Crippen LogP contribution in [0.1, 0.15) is 6.92 Å². The van der Waals surface area contributed by atoms with E-state index in [0.717, 1.165) is 11.3 Å². The van der Waals surface area contributed by atoms with Gasteiger partial charge in [0.15, 0.2) is 0 Å². The first-order valence-corrected chi connectivity index (χ1v) is 8.01. The van der Waals surface area contributed by atoms with Gasteiger partial charge < -0.3 is 5.32 Å². The Morgan fingerprint density at radius 3 is 2.95 bits per heavy atom. The number of rotatable bonds is 5. The van der Waals surface area contributed by atoms with E-state index in [9.17, 15) is 9.18 Å². The van der Waals surface area contributed by atoms with Gasteiger partial charge in [-0.15, -0.1) is 0 Å². The molecule has 0 saturated heterocycles. The third-order valence-corrected chi connectivity index (χ3v) is 3.91. The lowest BCUT2D eigenvalue weighted by molar-refractivity contribution is -0.118. The third-order valence-electron chi connectivity index (χ3n) is 3.08. The summed E-state index contributed by atoms with van der Waals surface area (Å²) in [6.07, 6.45) is 5.18. The van der Waals surface area contributed by atoms with Crippen LogP contribution in [0.15, 0.2) is 42.7 Å². The van der Waals surface area contributed by atoms with E-state index < -0.39 is 0 Å². The van der Waals surface area contributed by atoms with Crippen molar-refractivity contribution in [1.82, 2.24) is 4.98 Å². The Bertz CT molecular complexity index is 633. The fourth-order valence-corrected chi connectivity index (χ4v) is 2.63. The first-order valence-electron chi connectivity index (χ1n) is 6.61. The van der Waals surface area contributed by atoms with Crippen LogP contribution in [-0.4, -0.2) is 22.9 Å². The Balaban J connectivity index is 2.27. The van der Waals surface area contributed by atoms with Gasteiger partial charge in [0.1, 0.15) is 5.82 Å². The van der Waals surface area contributed by atoms with E-state index >= 15 is 0 Å². The number of thioether (sulfide) groups is 1. The van der Waals surface area contributed by atoms with Crippen LogP contribution >= 0.6 is 11.8 Å². The second-order valence-corrected chi connectivity index (χ2v) is 5.69. The molecule has 0 radical (unpaired) electrons. The van der Waals surface area contributed by atoms with Gasteiger partial charge in [0.2, 0.25) is 5.91 Å². The van der Waals surface area contributed by atoms with E-state index in [4.69, 9.17) is 0 Å². The van der Waals surface area contributed by atoms with E-state index in [1.165, 1.54) is 12.1 Å². The summed E-state index contributed by atoms with van der Waals surface area (Å²) in [5, 5.41) is 2.88. The molecule has 0 aliphatic rings. The van der Waals surface area contributed by atoms with Gasteiger partial charge in [0, 0.05) is 23.4 Å². The number of carbonyl (C=O) groups excluding carboxylic acids is 1. The maximum Gasteiger partial charge on any atom is 0.228 e. The molecule has 0 spiro atoms. The average Bonchev–Trinajstić information content (AvgIpc) is 2.48. The molecule has 1 N–H and O–H groups in total. The lowest BCUT2D eigenvalue weighted by atomic mass is 10.0. The second kappa shape index (κ2) is 7.22. The summed E-state index contributed by atoms with van der Waals surface area (Å²) in [6, 6.07) is 8.05. The minimum absolute atomic E-state index is 0.0602. The number of nitrogens with one attached hydrogen (secondary N) is 1. The predicted molar refractivity (Wildman–Crippen MR) is 85.8 cm³/mol. The first kappa shape index (κ1) is 15.5. The Labute approximate surface area is 128 Å². The maximum atomic E-state index is 13.4. The Morgan fingerprint density at radius 1 is 1.43 bits per heavy atom. The number of anilines is 1. The number of aromatic nitrogens is 1. The zero-order valence-corrected chi connectivity index (χ0v) is 12.8. The minimum atomic E-state index is -0.308. The number of halogens is 1. The van der Waals surface area contributed by atoms with Gasteiger partial charge >= 0.3 is 0 Å². The molecular formula is C16H17FN2OS. The molecule has 1 heterocycles. The van der Waals surface area contributed by atoms with E-state index in [1.807, 2.05) is 13.2 Å². The highest BCUT2D eigenvalue weighted by Gasteiger charge is 2.14. The summed E-state index contributed by atoms with van der Waals surface area (Å²) in [5.74, 6) is 0.286. The molecule has 3 nitrogen and oxygen atoms in total. The number of carbonyl (C=O) groups is 1. The largest absolute Gasteiger partial charge is 0.324 e. The highest BCUT2D eigenvalue weighted by atomic mass is 32.2. The third kappa shape index (κ3) is 4.04. The minimum Gasteiger partial charge on any atom is -0.324 e. The fraction of sp³-hybridized carbons (Fsp3) is 0.250. The van der Waals surface area contributed by atoms with Crippen LogP contribution in [0.25, 0.3) is 11.1 Å². The molecule has 0 aliphatic carbocycles. The van der Waals surface area contributed by atoms with Crippen LogP contribution in [0.5, 0.6) is 0 Å². The van der Waals surface area contributed by atoms with Gasteiger partial charge in [0.25, 0.3) is 0 Å². The molecule has 110 valence electrons. The molecule has 1 aromatic heterocycles. The van der Waals surface area contributed by atoms with E-state index in [2.05, 4.69) is 10.3 Å². The van der Waals surface area contributed by atoms with Crippen LogP contribution in [-0.2, 0) is 4.79 Å². The van der Waals surface area contributed by atoms with Crippen molar-refractivity contribution >= 4 is 23.4 Å². The smallest absolute Gasteiger partial charge is 0.228 e. The zero-order valence-electron chi connectivity index (χ0n) is 12.0. The Morgan fingerprint density at radius 2 is 2.24 bits per heavy atom. The van der Waals surface area contributed by atoms with Gasteiger partial charge in [0.05, 0.1) is 11.9 Å². The topological polar surface area (TPSA) is 42.0 Å². The lowest BCUT2D eigenvalue weighted by Crippen LogP contribution is -2.22. The van der Waals surface area contributed by atoms with Gasteiger partial charge in [-0.05, 0) is 30.0 Å². The number of nitrogens with zero attached hydrogens (tertiary/aromatic N) is 1. The highest BCUT2D eigenvalue weighted by Crippen LogP contribution is 2.27. The summed E-state index contributed by atoms with van der Waals surface area (Å²) < 4.78 is 13.4. The van der Waals surface area contributed by atoms with Crippen molar-refractivity contribution in [2.24, 2.45) is 5.92 Å². The SMILES string of the molecule is CSC[C@@H](C)C(=O)Nc1cnccc1-c1cccc(F)c1. The number of hydrogen-bond donors (Lipinski definition) is 1. The number of amides is 1. The summed E-state index contributed by atoms with van der Waals surface area (Å²) in [4.78, 5) is 16.2. The van der Waals surface area contributed by atoms with Crippen molar-refractivity contribution in [2.75, 3.05) is 17.3 Å². The molecule has 1 amide bonds. The predicted octanol–water partition coefficient (Wildman–Crippen LogP) is 3.83. The molecule has 1 atom stereocenters. The molecule has 0 bridgehead atoms. The van der Waals surface area contributed by atoms with Crippen molar-refractivity contribution in [3.8, 4) is 11.1 Å². The van der Waals surface area contributed by atoms with Crippen molar-refractivity contribution in [3.63, 3.8) is 0 Å². The molecule has 0 unspecified atom stereocenters. The molecule has 0 fully saturated rings. The fourth-order valence-electron chi connectivity index (χ4n) is 1.98. The van der Waals surface area contributed by atoms with Gasteiger partial charge in [-0.2, -0.15) is 11.8 Å². The Kier molecular flexibility index (Phi) is 5.33. The van der Waals surface area contributed by atoms with Crippen molar-refractivity contribution in [1.29, 1.82) is 0 Å². The van der Waals surface area contributed by atoms with Crippen molar-refractivity contribution in [2.45, 2.75) is 6.92 Å². The number of benzene rings is 1.